The molecule has 2 aliphatic heterocycles. The molecule has 2 amide bonds. The van der Waals surface area contributed by atoms with E-state index in [1.807, 2.05) is 0 Å². The smallest absolute Gasteiger partial charge is 0.225 e. The van der Waals surface area contributed by atoms with Crippen LogP contribution >= 0.6 is 0 Å². The molecule has 1 aliphatic carbocycles. The van der Waals surface area contributed by atoms with Gasteiger partial charge in [0.25, 0.3) is 0 Å². The summed E-state index contributed by atoms with van der Waals surface area (Å²) in [6.45, 7) is 1.69. The maximum absolute atomic E-state index is 12.4. The van der Waals surface area contributed by atoms with Crippen LogP contribution in [0.5, 0.6) is 0 Å². The number of carbonyl (C=O) groups is 2. The second kappa shape index (κ2) is 4.90. The number of hydrogen-bond acceptors (Lipinski definition) is 2. The largest absolute Gasteiger partial charge is 0.353 e. The Morgan fingerprint density at radius 3 is 2.72 bits per heavy atom. The molecule has 0 radical (unpaired) electrons. The van der Waals surface area contributed by atoms with Crippen molar-refractivity contribution in [1.29, 1.82) is 0 Å². The van der Waals surface area contributed by atoms with Crippen LogP contribution < -0.4 is 5.32 Å². The molecule has 3 fully saturated rings. The first-order valence-electron chi connectivity index (χ1n) is 7.32. The molecule has 100 valence electrons. The first kappa shape index (κ1) is 12.0. The van der Waals surface area contributed by atoms with Gasteiger partial charge < -0.3 is 10.2 Å². The lowest BCUT2D eigenvalue weighted by molar-refractivity contribution is -0.138. The monoisotopic (exact) mass is 250 g/mol. The van der Waals surface area contributed by atoms with E-state index in [9.17, 15) is 9.59 Å². The quantitative estimate of drug-likeness (QED) is 0.762. The number of carbonyl (C=O) groups excluding carboxylic acids is 2. The van der Waals surface area contributed by atoms with Crippen molar-refractivity contribution in [3.05, 3.63) is 0 Å². The summed E-state index contributed by atoms with van der Waals surface area (Å²) >= 11 is 0. The maximum Gasteiger partial charge on any atom is 0.225 e. The molecule has 1 N–H and O–H groups in total. The number of rotatable bonds is 1. The van der Waals surface area contributed by atoms with Crippen molar-refractivity contribution in [3.8, 4) is 0 Å². The van der Waals surface area contributed by atoms with E-state index in [4.69, 9.17) is 0 Å². The number of nitrogens with one attached hydrogen (secondary N) is 1. The summed E-state index contributed by atoms with van der Waals surface area (Å²) in [4.78, 5) is 25.8. The number of fused-ring (bicyclic) bond motifs is 1. The second-order valence-corrected chi connectivity index (χ2v) is 6.03. The summed E-state index contributed by atoms with van der Waals surface area (Å²) in [5, 5.41) is 3.07. The average Bonchev–Trinajstić information content (AvgIpc) is 2.91. The summed E-state index contributed by atoms with van der Waals surface area (Å²) in [6, 6.07) is 0.318. The van der Waals surface area contributed by atoms with Crippen LogP contribution in [0.4, 0.5) is 0 Å². The molecule has 0 aromatic heterocycles. The molecule has 0 bridgehead atoms. The Hall–Kier alpha value is -1.06. The molecule has 18 heavy (non-hydrogen) atoms. The van der Waals surface area contributed by atoms with E-state index in [0.717, 1.165) is 38.8 Å². The predicted octanol–water partition coefficient (Wildman–Crippen LogP) is 1.30. The van der Waals surface area contributed by atoms with Gasteiger partial charge in [0.2, 0.25) is 11.8 Å². The zero-order valence-corrected chi connectivity index (χ0v) is 10.9. The van der Waals surface area contributed by atoms with Crippen LogP contribution in [-0.2, 0) is 9.59 Å². The third kappa shape index (κ3) is 2.25. The van der Waals surface area contributed by atoms with Gasteiger partial charge in [0, 0.05) is 31.5 Å². The van der Waals surface area contributed by atoms with Gasteiger partial charge in [-0.25, -0.2) is 0 Å². The molecule has 0 aromatic rings. The fourth-order valence-electron chi connectivity index (χ4n) is 3.74. The van der Waals surface area contributed by atoms with Gasteiger partial charge in [-0.15, -0.1) is 0 Å². The van der Waals surface area contributed by atoms with E-state index in [1.54, 1.807) is 0 Å². The number of piperidine rings is 2. The van der Waals surface area contributed by atoms with Crippen LogP contribution in [0.2, 0.25) is 0 Å². The van der Waals surface area contributed by atoms with Crippen molar-refractivity contribution < 1.29 is 9.59 Å². The Balaban J connectivity index is 1.59. The molecule has 2 heterocycles. The first-order valence-corrected chi connectivity index (χ1v) is 7.32. The molecule has 2 unspecified atom stereocenters. The van der Waals surface area contributed by atoms with Crippen LogP contribution in [0.3, 0.4) is 0 Å². The molecule has 0 aromatic carbocycles. The Bertz CT molecular complexity index is 350. The first-order chi connectivity index (χ1) is 8.74. The minimum absolute atomic E-state index is 0.187. The molecule has 3 rings (SSSR count). The van der Waals surface area contributed by atoms with E-state index < -0.39 is 0 Å². The molecule has 4 heteroatoms. The average molecular weight is 250 g/mol. The van der Waals surface area contributed by atoms with E-state index in [2.05, 4.69) is 10.2 Å². The highest BCUT2D eigenvalue weighted by atomic mass is 16.2. The third-order valence-corrected chi connectivity index (χ3v) is 4.84. The van der Waals surface area contributed by atoms with Gasteiger partial charge in [0.05, 0.1) is 0 Å². The predicted molar refractivity (Wildman–Crippen MR) is 67.8 cm³/mol. The Kier molecular flexibility index (Phi) is 3.27. The highest BCUT2D eigenvalue weighted by Gasteiger charge is 2.37. The van der Waals surface area contributed by atoms with Gasteiger partial charge in [0.1, 0.15) is 0 Å². The minimum atomic E-state index is 0.187. The van der Waals surface area contributed by atoms with Gasteiger partial charge in [-0.3, -0.25) is 9.59 Å². The van der Waals surface area contributed by atoms with Crippen molar-refractivity contribution >= 4 is 11.8 Å². The standard InChI is InChI=1S/C14H22N2O2/c17-13-6-5-11-9-16(8-7-12(11)15-13)14(18)10-3-1-2-4-10/h10-12H,1-9H2,(H,15,17). The number of nitrogens with zero attached hydrogens (tertiary/aromatic N) is 1. The van der Waals surface area contributed by atoms with Gasteiger partial charge in [0.15, 0.2) is 0 Å². The highest BCUT2D eigenvalue weighted by molar-refractivity contribution is 5.80. The number of amides is 2. The van der Waals surface area contributed by atoms with Crippen LogP contribution in [-0.4, -0.2) is 35.8 Å². The van der Waals surface area contributed by atoms with Crippen molar-refractivity contribution in [2.24, 2.45) is 11.8 Å². The number of likely N-dealkylation sites (tertiary alicyclic amines) is 1. The summed E-state index contributed by atoms with van der Waals surface area (Å²) in [5.74, 6) is 1.34. The van der Waals surface area contributed by atoms with E-state index in [-0.39, 0.29) is 5.91 Å². The van der Waals surface area contributed by atoms with Gasteiger partial charge >= 0.3 is 0 Å². The van der Waals surface area contributed by atoms with Crippen molar-refractivity contribution in [3.63, 3.8) is 0 Å². The van der Waals surface area contributed by atoms with Gasteiger partial charge in [-0.05, 0) is 31.6 Å². The zero-order chi connectivity index (χ0) is 12.5. The van der Waals surface area contributed by atoms with Crippen LogP contribution in [0, 0.1) is 11.8 Å². The Morgan fingerprint density at radius 1 is 1.17 bits per heavy atom. The molecule has 1 saturated carbocycles. The molecule has 0 spiro atoms. The fraction of sp³-hybridized carbons (Fsp3) is 0.857. The maximum atomic E-state index is 12.4. The lowest BCUT2D eigenvalue weighted by Gasteiger charge is -2.42. The fourth-order valence-corrected chi connectivity index (χ4v) is 3.74. The number of hydrogen-bond donors (Lipinski definition) is 1. The minimum Gasteiger partial charge on any atom is -0.353 e. The summed E-state index contributed by atoms with van der Waals surface area (Å²) in [7, 11) is 0. The summed E-state index contributed by atoms with van der Waals surface area (Å²) in [5.41, 5.74) is 0. The SMILES string of the molecule is O=C1CCC2CN(C(=O)C3CCCC3)CCC2N1. The second-order valence-electron chi connectivity index (χ2n) is 6.03. The lowest BCUT2D eigenvalue weighted by atomic mass is 9.84. The van der Waals surface area contributed by atoms with E-state index >= 15 is 0 Å². The highest BCUT2D eigenvalue weighted by Crippen LogP contribution is 2.30. The van der Waals surface area contributed by atoms with Crippen molar-refractivity contribution in [2.75, 3.05) is 13.1 Å². The van der Waals surface area contributed by atoms with Crippen LogP contribution in [0.1, 0.15) is 44.9 Å². The lowest BCUT2D eigenvalue weighted by Crippen LogP contribution is -2.55. The molecule has 2 saturated heterocycles. The molecule has 4 nitrogen and oxygen atoms in total. The van der Waals surface area contributed by atoms with Gasteiger partial charge in [-0.1, -0.05) is 12.8 Å². The normalized spacial score (nSPS) is 33.1. The summed E-state index contributed by atoms with van der Waals surface area (Å²) < 4.78 is 0. The van der Waals surface area contributed by atoms with Crippen molar-refractivity contribution in [2.45, 2.75) is 51.0 Å². The van der Waals surface area contributed by atoms with Crippen molar-refractivity contribution in [1.82, 2.24) is 10.2 Å². The van der Waals surface area contributed by atoms with Gasteiger partial charge in [-0.2, -0.15) is 0 Å². The Labute approximate surface area is 108 Å². The van der Waals surface area contributed by atoms with Crippen LogP contribution in [0.15, 0.2) is 0 Å². The van der Waals surface area contributed by atoms with E-state index in [0.29, 0.717) is 30.2 Å². The molecule has 2 atom stereocenters. The zero-order valence-electron chi connectivity index (χ0n) is 10.9. The molecule has 3 aliphatic rings. The molecular weight excluding hydrogens is 228 g/mol. The van der Waals surface area contributed by atoms with E-state index in [1.165, 1.54) is 12.8 Å². The van der Waals surface area contributed by atoms with Crippen LogP contribution in [0.25, 0.3) is 0 Å². The molecular formula is C14H22N2O2. The Morgan fingerprint density at radius 2 is 1.94 bits per heavy atom. The topological polar surface area (TPSA) is 49.4 Å². The summed E-state index contributed by atoms with van der Waals surface area (Å²) in [6.07, 6.45) is 7.12. The third-order valence-electron chi connectivity index (χ3n) is 4.84.